The summed E-state index contributed by atoms with van der Waals surface area (Å²) < 4.78 is 5.25. The van der Waals surface area contributed by atoms with Crippen LogP contribution < -0.4 is 4.52 Å². The molecule has 0 radical (unpaired) electrons. The van der Waals surface area contributed by atoms with Crippen molar-refractivity contribution in [2.24, 2.45) is 0 Å². The van der Waals surface area contributed by atoms with Crippen molar-refractivity contribution in [2.75, 3.05) is 0 Å². The smallest absolute Gasteiger partial charge is 0.130 e. The molecule has 15 heavy (non-hydrogen) atoms. The number of aryl methyl sites for hydroxylation is 1. The molecular weight excluding hydrogens is 203 g/mol. The summed E-state index contributed by atoms with van der Waals surface area (Å²) in [4.78, 5) is 0. The SMILES string of the molecule is Cc1ccc(-c2ccccc2OP)cc1. The molecule has 2 aromatic carbocycles. The molecule has 1 nitrogen and oxygen atoms in total. The topological polar surface area (TPSA) is 9.23 Å². The van der Waals surface area contributed by atoms with Crippen LogP contribution in [0.15, 0.2) is 48.5 Å². The van der Waals surface area contributed by atoms with Gasteiger partial charge in [0.1, 0.15) is 5.75 Å². The largest absolute Gasteiger partial charge is 0.480 e. The molecule has 1 unspecified atom stereocenters. The second kappa shape index (κ2) is 4.46. The molecule has 0 heterocycles. The normalized spacial score (nSPS) is 10.0. The van der Waals surface area contributed by atoms with E-state index in [1.807, 2.05) is 18.2 Å². The minimum absolute atomic E-state index is 0.881. The summed E-state index contributed by atoms with van der Waals surface area (Å²) in [6.45, 7) is 2.09. The van der Waals surface area contributed by atoms with E-state index in [0.29, 0.717) is 0 Å². The summed E-state index contributed by atoms with van der Waals surface area (Å²) in [5, 5.41) is 0. The maximum atomic E-state index is 5.25. The van der Waals surface area contributed by atoms with Crippen molar-refractivity contribution in [3.8, 4) is 16.9 Å². The standard InChI is InChI=1S/C13H13OP/c1-10-6-8-11(9-7-10)12-4-2-3-5-13(12)14-15/h2-9H,15H2,1H3. The van der Waals surface area contributed by atoms with Crippen molar-refractivity contribution in [2.45, 2.75) is 6.92 Å². The summed E-state index contributed by atoms with van der Waals surface area (Å²) >= 11 is 0. The van der Waals surface area contributed by atoms with Gasteiger partial charge in [0, 0.05) is 5.56 Å². The van der Waals surface area contributed by atoms with Crippen LogP contribution >= 0.6 is 9.47 Å². The van der Waals surface area contributed by atoms with Crippen LogP contribution in [0, 0.1) is 6.92 Å². The molecule has 2 aromatic rings. The quantitative estimate of drug-likeness (QED) is 0.693. The monoisotopic (exact) mass is 216 g/mol. The lowest BCUT2D eigenvalue weighted by atomic mass is 10.0. The highest BCUT2D eigenvalue weighted by atomic mass is 31.0. The van der Waals surface area contributed by atoms with Crippen LogP contribution in [0.1, 0.15) is 5.56 Å². The van der Waals surface area contributed by atoms with E-state index in [1.165, 1.54) is 11.1 Å². The third-order valence-corrected chi connectivity index (χ3v) is 2.63. The molecule has 0 N–H and O–H groups in total. The van der Waals surface area contributed by atoms with Crippen LogP contribution in [0.3, 0.4) is 0 Å². The second-order valence-corrected chi connectivity index (χ2v) is 3.72. The third-order valence-electron chi connectivity index (χ3n) is 2.38. The lowest BCUT2D eigenvalue weighted by Gasteiger charge is -2.07. The molecule has 0 bridgehead atoms. The predicted molar refractivity (Wildman–Crippen MR) is 67.0 cm³/mol. The van der Waals surface area contributed by atoms with Gasteiger partial charge in [0.25, 0.3) is 0 Å². The molecule has 0 aromatic heterocycles. The van der Waals surface area contributed by atoms with Crippen LogP contribution in [0.2, 0.25) is 0 Å². The van der Waals surface area contributed by atoms with Crippen molar-refractivity contribution in [1.82, 2.24) is 0 Å². The van der Waals surface area contributed by atoms with Crippen LogP contribution in [0.4, 0.5) is 0 Å². The number of hydrogen-bond donors (Lipinski definition) is 0. The maximum absolute atomic E-state index is 5.25. The molecular formula is C13H13OP. The van der Waals surface area contributed by atoms with Gasteiger partial charge in [-0.1, -0.05) is 48.0 Å². The Morgan fingerprint density at radius 2 is 1.60 bits per heavy atom. The fourth-order valence-electron chi connectivity index (χ4n) is 1.54. The molecule has 0 fully saturated rings. The highest BCUT2D eigenvalue weighted by Crippen LogP contribution is 2.30. The Hall–Kier alpha value is -1.33. The van der Waals surface area contributed by atoms with Gasteiger partial charge in [-0.3, -0.25) is 0 Å². The number of rotatable bonds is 2. The van der Waals surface area contributed by atoms with Crippen LogP contribution in [0.25, 0.3) is 11.1 Å². The van der Waals surface area contributed by atoms with E-state index in [2.05, 4.69) is 46.7 Å². The van der Waals surface area contributed by atoms with Crippen molar-refractivity contribution < 1.29 is 4.52 Å². The first kappa shape index (κ1) is 10.2. The first-order valence-corrected chi connectivity index (χ1v) is 5.31. The fraction of sp³-hybridized carbons (Fsp3) is 0.0769. The number of para-hydroxylation sites is 1. The van der Waals surface area contributed by atoms with Crippen LogP contribution in [-0.4, -0.2) is 0 Å². The lowest BCUT2D eigenvalue weighted by Crippen LogP contribution is -1.82. The summed E-state index contributed by atoms with van der Waals surface area (Å²) in [5.74, 6) is 0.881. The molecule has 0 aliphatic carbocycles. The molecule has 0 saturated heterocycles. The Morgan fingerprint density at radius 3 is 2.27 bits per heavy atom. The van der Waals surface area contributed by atoms with E-state index in [4.69, 9.17) is 4.52 Å². The van der Waals surface area contributed by atoms with Crippen molar-refractivity contribution in [3.63, 3.8) is 0 Å². The zero-order chi connectivity index (χ0) is 10.7. The molecule has 0 aliphatic rings. The molecule has 2 rings (SSSR count). The Labute approximate surface area is 92.4 Å². The molecule has 0 spiro atoms. The fourth-order valence-corrected chi connectivity index (χ4v) is 1.75. The van der Waals surface area contributed by atoms with Gasteiger partial charge in [-0.2, -0.15) is 0 Å². The summed E-state index contributed by atoms with van der Waals surface area (Å²) in [6.07, 6.45) is 0. The molecule has 1 atom stereocenters. The van der Waals surface area contributed by atoms with Crippen LogP contribution in [0.5, 0.6) is 5.75 Å². The summed E-state index contributed by atoms with van der Waals surface area (Å²) in [6, 6.07) is 16.4. The van der Waals surface area contributed by atoms with Crippen molar-refractivity contribution in [1.29, 1.82) is 0 Å². The minimum atomic E-state index is 0.881. The number of hydrogen-bond acceptors (Lipinski definition) is 1. The second-order valence-electron chi connectivity index (χ2n) is 3.48. The predicted octanol–water partition coefficient (Wildman–Crippen LogP) is 3.83. The maximum Gasteiger partial charge on any atom is 0.130 e. The first-order valence-electron chi connectivity index (χ1n) is 4.84. The molecule has 0 amide bonds. The Bertz CT molecular complexity index is 448. The summed E-state index contributed by atoms with van der Waals surface area (Å²) in [5.41, 5.74) is 3.56. The van der Waals surface area contributed by atoms with E-state index in [9.17, 15) is 0 Å². The van der Waals surface area contributed by atoms with Gasteiger partial charge in [-0.15, -0.1) is 0 Å². The molecule has 76 valence electrons. The Balaban J connectivity index is 2.49. The third kappa shape index (κ3) is 2.19. The van der Waals surface area contributed by atoms with Crippen molar-refractivity contribution in [3.05, 3.63) is 54.1 Å². The average molecular weight is 216 g/mol. The van der Waals surface area contributed by atoms with Gasteiger partial charge in [-0.25, -0.2) is 0 Å². The van der Waals surface area contributed by atoms with E-state index < -0.39 is 0 Å². The highest BCUT2D eigenvalue weighted by molar-refractivity contribution is 7.10. The zero-order valence-electron chi connectivity index (χ0n) is 8.60. The minimum Gasteiger partial charge on any atom is -0.480 e. The van der Waals surface area contributed by atoms with Gasteiger partial charge in [0.2, 0.25) is 0 Å². The van der Waals surface area contributed by atoms with Gasteiger partial charge in [-0.05, 0) is 18.6 Å². The zero-order valence-corrected chi connectivity index (χ0v) is 9.76. The Morgan fingerprint density at radius 1 is 0.933 bits per heavy atom. The van der Waals surface area contributed by atoms with E-state index >= 15 is 0 Å². The van der Waals surface area contributed by atoms with Gasteiger partial charge in [0.05, 0.1) is 9.47 Å². The highest BCUT2D eigenvalue weighted by Gasteiger charge is 2.03. The number of benzene rings is 2. The molecule has 0 aliphatic heterocycles. The molecule has 2 heteroatoms. The van der Waals surface area contributed by atoms with Crippen LogP contribution in [-0.2, 0) is 0 Å². The lowest BCUT2D eigenvalue weighted by molar-refractivity contribution is 0.648. The Kier molecular flexibility index (Phi) is 3.03. The molecule has 0 saturated carbocycles. The van der Waals surface area contributed by atoms with E-state index in [-0.39, 0.29) is 0 Å². The van der Waals surface area contributed by atoms with Gasteiger partial charge < -0.3 is 4.52 Å². The average Bonchev–Trinajstić information content (AvgIpc) is 2.30. The van der Waals surface area contributed by atoms with Crippen molar-refractivity contribution >= 4 is 9.47 Å². The van der Waals surface area contributed by atoms with Gasteiger partial charge >= 0.3 is 0 Å². The first-order chi connectivity index (χ1) is 7.31. The van der Waals surface area contributed by atoms with E-state index in [0.717, 1.165) is 11.3 Å². The summed E-state index contributed by atoms with van der Waals surface area (Å²) in [7, 11) is 2.29. The van der Waals surface area contributed by atoms with E-state index in [1.54, 1.807) is 0 Å². The van der Waals surface area contributed by atoms with Gasteiger partial charge in [0.15, 0.2) is 0 Å².